The van der Waals surface area contributed by atoms with E-state index < -0.39 is 17.8 Å². The van der Waals surface area contributed by atoms with Crippen molar-refractivity contribution in [1.29, 1.82) is 0 Å². The zero-order valence-electron chi connectivity index (χ0n) is 8.28. The van der Waals surface area contributed by atoms with E-state index in [2.05, 4.69) is 4.74 Å². The molecule has 88 valence electrons. The van der Waals surface area contributed by atoms with Crippen molar-refractivity contribution in [2.24, 2.45) is 0 Å². The average Bonchev–Trinajstić information content (AvgIpc) is 2.19. The van der Waals surface area contributed by atoms with Crippen LogP contribution in [0.1, 0.15) is 17.3 Å². The van der Waals surface area contributed by atoms with Crippen LogP contribution in [0.5, 0.6) is 11.5 Å². The van der Waals surface area contributed by atoms with Crippen LogP contribution in [0.3, 0.4) is 0 Å². The summed E-state index contributed by atoms with van der Waals surface area (Å²) in [6, 6.07) is 3.27. The van der Waals surface area contributed by atoms with Crippen molar-refractivity contribution in [1.82, 2.24) is 0 Å². The number of aromatic hydroxyl groups is 1. The third kappa shape index (κ3) is 3.06. The van der Waals surface area contributed by atoms with Gasteiger partial charge in [-0.15, -0.1) is 11.6 Å². The van der Waals surface area contributed by atoms with Crippen molar-refractivity contribution in [3.8, 4) is 11.5 Å². The molecule has 1 N–H and O–H groups in total. The summed E-state index contributed by atoms with van der Waals surface area (Å²) in [6.45, 7) is -1.56. The molecule has 6 heteroatoms. The molecule has 0 bridgehead atoms. The number of ketones is 1. The zero-order chi connectivity index (χ0) is 12.3. The van der Waals surface area contributed by atoms with E-state index in [4.69, 9.17) is 11.6 Å². The minimum atomic E-state index is -2.99. The Hall–Kier alpha value is -1.36. The molecule has 1 aromatic carbocycles. The number of benzene rings is 1. The molecule has 1 rings (SSSR count). The van der Waals surface area contributed by atoms with Crippen LogP contribution in [0.15, 0.2) is 18.2 Å². The van der Waals surface area contributed by atoms with Crippen LogP contribution >= 0.6 is 11.6 Å². The Morgan fingerprint density at radius 2 is 2.12 bits per heavy atom. The van der Waals surface area contributed by atoms with Crippen molar-refractivity contribution in [3.05, 3.63) is 23.8 Å². The second kappa shape index (κ2) is 5.12. The van der Waals surface area contributed by atoms with Crippen LogP contribution in [-0.4, -0.2) is 22.9 Å². The molecule has 0 heterocycles. The highest BCUT2D eigenvalue weighted by molar-refractivity contribution is 6.33. The van der Waals surface area contributed by atoms with E-state index in [9.17, 15) is 18.7 Å². The van der Waals surface area contributed by atoms with E-state index in [0.29, 0.717) is 0 Å². The van der Waals surface area contributed by atoms with Gasteiger partial charge in [-0.2, -0.15) is 8.78 Å². The first-order valence-corrected chi connectivity index (χ1v) is 4.81. The number of phenolic OH excluding ortho intramolecular Hbond substituents is 1. The number of alkyl halides is 3. The number of phenols is 1. The molecule has 0 aliphatic heterocycles. The molecular formula is C10H9ClF2O3. The van der Waals surface area contributed by atoms with Gasteiger partial charge in [-0.25, -0.2) is 0 Å². The molecule has 0 fully saturated rings. The number of carbonyl (C=O) groups excluding carboxylic acids is 1. The molecule has 0 aliphatic carbocycles. The summed E-state index contributed by atoms with van der Waals surface area (Å²) in [6.07, 6.45) is 0. The summed E-state index contributed by atoms with van der Waals surface area (Å²) in [5, 5.41) is 8.51. The Labute approximate surface area is 95.6 Å². The second-order valence-electron chi connectivity index (χ2n) is 3.04. The smallest absolute Gasteiger partial charge is 0.387 e. The van der Waals surface area contributed by atoms with Crippen molar-refractivity contribution < 1.29 is 23.4 Å². The lowest BCUT2D eigenvalue weighted by atomic mass is 10.1. The summed E-state index contributed by atoms with van der Waals surface area (Å²) in [5.41, 5.74) is -0.138. The normalized spacial score (nSPS) is 12.6. The minimum absolute atomic E-state index is 0.138. The van der Waals surface area contributed by atoms with Crippen LogP contribution in [0.2, 0.25) is 0 Å². The largest absolute Gasteiger partial charge is 0.507 e. The van der Waals surface area contributed by atoms with Crippen LogP contribution in [0, 0.1) is 0 Å². The number of Topliss-reactive ketones (excluding diaryl/α,β-unsaturated/α-hetero) is 1. The summed E-state index contributed by atoms with van der Waals surface area (Å²) in [4.78, 5) is 11.5. The maximum atomic E-state index is 11.9. The van der Waals surface area contributed by atoms with Gasteiger partial charge in [-0.3, -0.25) is 4.79 Å². The Morgan fingerprint density at radius 3 is 2.62 bits per heavy atom. The number of hydrogen-bond donors (Lipinski definition) is 1. The Kier molecular flexibility index (Phi) is 4.06. The summed E-state index contributed by atoms with van der Waals surface area (Å²) >= 11 is 5.54. The summed E-state index contributed by atoms with van der Waals surface area (Å²) in [5.74, 6) is -1.08. The molecule has 1 atom stereocenters. The van der Waals surface area contributed by atoms with Crippen LogP contribution in [0.4, 0.5) is 8.78 Å². The maximum absolute atomic E-state index is 11.9. The highest BCUT2D eigenvalue weighted by Gasteiger charge is 2.18. The fourth-order valence-corrected chi connectivity index (χ4v) is 1.22. The summed E-state index contributed by atoms with van der Waals surface area (Å²) in [7, 11) is 0. The summed E-state index contributed by atoms with van der Waals surface area (Å²) < 4.78 is 27.9. The monoisotopic (exact) mass is 250 g/mol. The zero-order valence-corrected chi connectivity index (χ0v) is 9.04. The molecule has 0 saturated carbocycles. The highest BCUT2D eigenvalue weighted by Crippen LogP contribution is 2.26. The van der Waals surface area contributed by atoms with Gasteiger partial charge in [-0.05, 0) is 25.1 Å². The number of rotatable bonds is 4. The van der Waals surface area contributed by atoms with Crippen molar-refractivity contribution >= 4 is 17.4 Å². The highest BCUT2D eigenvalue weighted by atomic mass is 35.5. The Balaban J connectivity index is 3.04. The van der Waals surface area contributed by atoms with E-state index in [0.717, 1.165) is 18.2 Å². The van der Waals surface area contributed by atoms with Gasteiger partial charge in [-0.1, -0.05) is 0 Å². The predicted octanol–water partition coefficient (Wildman–Crippen LogP) is 2.80. The Morgan fingerprint density at radius 1 is 1.50 bits per heavy atom. The molecule has 0 spiro atoms. The van der Waals surface area contributed by atoms with Gasteiger partial charge in [0.1, 0.15) is 11.5 Å². The lowest BCUT2D eigenvalue weighted by Gasteiger charge is -2.09. The van der Waals surface area contributed by atoms with Gasteiger partial charge in [0.25, 0.3) is 0 Å². The SMILES string of the molecule is CC(Cl)C(=O)c1cc(OC(F)F)ccc1O. The number of hydrogen-bond acceptors (Lipinski definition) is 3. The van der Waals surface area contributed by atoms with Gasteiger partial charge in [0, 0.05) is 0 Å². The first-order chi connectivity index (χ1) is 7.41. The van der Waals surface area contributed by atoms with E-state index in [1.54, 1.807) is 0 Å². The molecule has 16 heavy (non-hydrogen) atoms. The first-order valence-electron chi connectivity index (χ1n) is 4.38. The van der Waals surface area contributed by atoms with E-state index in [1.807, 2.05) is 0 Å². The molecule has 0 aromatic heterocycles. The third-order valence-corrected chi connectivity index (χ3v) is 2.02. The van der Waals surface area contributed by atoms with E-state index in [1.165, 1.54) is 6.92 Å². The van der Waals surface area contributed by atoms with E-state index >= 15 is 0 Å². The third-order valence-electron chi connectivity index (χ3n) is 1.82. The van der Waals surface area contributed by atoms with E-state index in [-0.39, 0.29) is 17.1 Å². The quantitative estimate of drug-likeness (QED) is 0.660. The number of ether oxygens (including phenoxy) is 1. The van der Waals surface area contributed by atoms with Gasteiger partial charge in [0.05, 0.1) is 10.9 Å². The standard InChI is InChI=1S/C10H9ClF2O3/c1-5(11)9(15)7-4-6(16-10(12)13)2-3-8(7)14/h2-5,10,14H,1H3. The van der Waals surface area contributed by atoms with Crippen molar-refractivity contribution in [2.45, 2.75) is 18.9 Å². The Bertz CT molecular complexity index is 394. The fraction of sp³-hybridized carbons (Fsp3) is 0.300. The molecule has 0 amide bonds. The van der Waals surface area contributed by atoms with Gasteiger partial charge in [0.15, 0.2) is 5.78 Å². The second-order valence-corrected chi connectivity index (χ2v) is 3.69. The minimum Gasteiger partial charge on any atom is -0.507 e. The van der Waals surface area contributed by atoms with Crippen molar-refractivity contribution in [2.75, 3.05) is 0 Å². The molecule has 0 aliphatic rings. The fourth-order valence-electron chi connectivity index (χ4n) is 1.10. The lowest BCUT2D eigenvalue weighted by Crippen LogP contribution is -2.11. The lowest BCUT2D eigenvalue weighted by molar-refractivity contribution is -0.0499. The first kappa shape index (κ1) is 12.7. The van der Waals surface area contributed by atoms with Crippen LogP contribution in [-0.2, 0) is 0 Å². The molecule has 1 unspecified atom stereocenters. The van der Waals surface area contributed by atoms with Crippen LogP contribution < -0.4 is 4.74 Å². The number of carbonyl (C=O) groups is 1. The molecular weight excluding hydrogens is 242 g/mol. The predicted molar refractivity (Wildman–Crippen MR) is 54.4 cm³/mol. The van der Waals surface area contributed by atoms with Gasteiger partial charge in [0.2, 0.25) is 0 Å². The van der Waals surface area contributed by atoms with Gasteiger partial charge < -0.3 is 9.84 Å². The molecule has 3 nitrogen and oxygen atoms in total. The topological polar surface area (TPSA) is 46.5 Å². The van der Waals surface area contributed by atoms with Crippen molar-refractivity contribution in [3.63, 3.8) is 0 Å². The maximum Gasteiger partial charge on any atom is 0.387 e. The average molecular weight is 251 g/mol. The molecule has 0 saturated heterocycles. The number of halogens is 3. The molecule has 0 radical (unpaired) electrons. The van der Waals surface area contributed by atoms with Crippen LogP contribution in [0.25, 0.3) is 0 Å². The van der Waals surface area contributed by atoms with Gasteiger partial charge >= 0.3 is 6.61 Å². The molecule has 1 aromatic rings.